The highest BCUT2D eigenvalue weighted by Gasteiger charge is 2.34. The number of carbonyl (C=O) groups excluding carboxylic acids is 1. The number of aliphatic carboxylic acids is 1. The van der Waals surface area contributed by atoms with E-state index in [2.05, 4.69) is 5.32 Å². The van der Waals surface area contributed by atoms with Crippen LogP contribution in [0.4, 0.5) is 0 Å². The van der Waals surface area contributed by atoms with Crippen LogP contribution in [0.5, 0.6) is 0 Å². The van der Waals surface area contributed by atoms with E-state index in [4.69, 9.17) is 5.11 Å². The molecule has 0 saturated carbocycles. The Balaban J connectivity index is 2.17. The summed E-state index contributed by atoms with van der Waals surface area (Å²) in [6, 6.07) is 7.65. The summed E-state index contributed by atoms with van der Waals surface area (Å²) < 4.78 is 0. The van der Waals surface area contributed by atoms with E-state index < -0.39 is 11.5 Å². The zero-order valence-corrected chi connectivity index (χ0v) is 12.7. The van der Waals surface area contributed by atoms with E-state index in [1.54, 1.807) is 0 Å². The topological polar surface area (TPSA) is 69.6 Å². The van der Waals surface area contributed by atoms with Crippen molar-refractivity contribution in [3.63, 3.8) is 0 Å². The first-order chi connectivity index (χ1) is 9.79. The maximum Gasteiger partial charge on any atom is 0.323 e. The van der Waals surface area contributed by atoms with E-state index in [0.29, 0.717) is 13.0 Å². The second-order valence-corrected chi connectivity index (χ2v) is 6.40. The zero-order chi connectivity index (χ0) is 15.6. The van der Waals surface area contributed by atoms with E-state index in [1.165, 1.54) is 10.5 Å². The van der Waals surface area contributed by atoms with Crippen molar-refractivity contribution in [2.45, 2.75) is 45.3 Å². The number of hydrogen-bond acceptors (Lipinski definition) is 3. The Hall–Kier alpha value is -1.88. The third kappa shape index (κ3) is 3.61. The number of carboxylic acid groups (broad SMARTS) is 1. The lowest BCUT2D eigenvalue weighted by molar-refractivity contribution is -0.149. The number of nitrogens with one attached hydrogen (secondary N) is 1. The average Bonchev–Trinajstić information content (AvgIpc) is 2.42. The third-order valence-corrected chi connectivity index (χ3v) is 3.75. The summed E-state index contributed by atoms with van der Waals surface area (Å²) in [7, 11) is 0. The Labute approximate surface area is 125 Å². The molecule has 5 heteroatoms. The summed E-state index contributed by atoms with van der Waals surface area (Å²) in [6.07, 6.45) is 0.598. The molecule has 1 heterocycles. The van der Waals surface area contributed by atoms with Crippen molar-refractivity contribution >= 4 is 11.9 Å². The van der Waals surface area contributed by atoms with Crippen LogP contribution in [0.2, 0.25) is 0 Å². The number of carbonyl (C=O) groups is 2. The van der Waals surface area contributed by atoms with Crippen molar-refractivity contribution in [3.8, 4) is 0 Å². The molecule has 0 fully saturated rings. The summed E-state index contributed by atoms with van der Waals surface area (Å²) in [4.78, 5) is 25.1. The Bertz CT molecular complexity index is 549. The molecule has 2 N–H and O–H groups in total. The fourth-order valence-corrected chi connectivity index (χ4v) is 2.60. The molecule has 1 aliphatic heterocycles. The molecule has 0 radical (unpaired) electrons. The quantitative estimate of drug-likeness (QED) is 0.883. The van der Waals surface area contributed by atoms with Gasteiger partial charge in [-0.2, -0.15) is 0 Å². The van der Waals surface area contributed by atoms with Gasteiger partial charge in [-0.15, -0.1) is 0 Å². The summed E-state index contributed by atoms with van der Waals surface area (Å²) in [5.74, 6) is -1.14. The second-order valence-electron chi connectivity index (χ2n) is 6.40. The van der Waals surface area contributed by atoms with Gasteiger partial charge in [0.2, 0.25) is 5.91 Å². The van der Waals surface area contributed by atoms with Gasteiger partial charge >= 0.3 is 5.97 Å². The zero-order valence-electron chi connectivity index (χ0n) is 12.7. The smallest absolute Gasteiger partial charge is 0.323 e. The van der Waals surface area contributed by atoms with Crippen LogP contribution in [0.3, 0.4) is 0 Å². The molecule has 1 aromatic carbocycles. The number of fused-ring (bicyclic) bond motifs is 1. The van der Waals surface area contributed by atoms with Crippen LogP contribution in [0.25, 0.3) is 0 Å². The molecular weight excluding hydrogens is 268 g/mol. The van der Waals surface area contributed by atoms with E-state index >= 15 is 0 Å². The molecule has 1 aromatic rings. The molecule has 1 aliphatic rings. The first-order valence-electron chi connectivity index (χ1n) is 7.12. The highest BCUT2D eigenvalue weighted by Crippen LogP contribution is 2.20. The van der Waals surface area contributed by atoms with E-state index in [-0.39, 0.29) is 18.5 Å². The Kier molecular flexibility index (Phi) is 4.32. The van der Waals surface area contributed by atoms with Gasteiger partial charge in [-0.25, -0.2) is 0 Å². The second kappa shape index (κ2) is 5.85. The minimum Gasteiger partial charge on any atom is -0.480 e. The Morgan fingerprint density at radius 1 is 1.29 bits per heavy atom. The van der Waals surface area contributed by atoms with Gasteiger partial charge in [0, 0.05) is 12.1 Å². The Morgan fingerprint density at radius 2 is 1.90 bits per heavy atom. The van der Waals surface area contributed by atoms with Gasteiger partial charge < -0.3 is 15.3 Å². The molecule has 0 saturated heterocycles. The minimum atomic E-state index is -0.991. The molecular formula is C16H22N2O3. The molecule has 5 nitrogen and oxygen atoms in total. The monoisotopic (exact) mass is 290 g/mol. The lowest BCUT2D eigenvalue weighted by Gasteiger charge is -2.38. The molecule has 0 unspecified atom stereocenters. The first-order valence-corrected chi connectivity index (χ1v) is 7.12. The standard InChI is InChI=1S/C16H22N2O3/c1-16(2,3)18(10-14(19)20)15(21)13-8-11-6-4-5-7-12(11)9-17-13/h4-7,13,17H,8-10H2,1-3H3,(H,19,20)/t13-/m1/s1. The number of amides is 1. The molecule has 114 valence electrons. The van der Waals surface area contributed by atoms with Crippen LogP contribution in [0.15, 0.2) is 24.3 Å². The van der Waals surface area contributed by atoms with Crippen molar-refractivity contribution in [2.24, 2.45) is 0 Å². The van der Waals surface area contributed by atoms with Gasteiger partial charge in [-0.1, -0.05) is 24.3 Å². The van der Waals surface area contributed by atoms with Crippen LogP contribution in [-0.2, 0) is 22.6 Å². The lowest BCUT2D eigenvalue weighted by Crippen LogP contribution is -2.56. The van der Waals surface area contributed by atoms with E-state index in [9.17, 15) is 9.59 Å². The van der Waals surface area contributed by atoms with Crippen LogP contribution in [-0.4, -0.2) is 40.0 Å². The normalized spacial score (nSPS) is 18.0. The SMILES string of the molecule is CC(C)(C)N(CC(=O)O)C(=O)[C@H]1Cc2ccccc2CN1. The largest absolute Gasteiger partial charge is 0.480 e. The maximum absolute atomic E-state index is 12.7. The molecule has 0 aliphatic carbocycles. The molecule has 1 atom stereocenters. The molecule has 0 spiro atoms. The van der Waals surface area contributed by atoms with Crippen molar-refractivity contribution in [2.75, 3.05) is 6.54 Å². The fourth-order valence-electron chi connectivity index (χ4n) is 2.60. The molecule has 1 amide bonds. The summed E-state index contributed by atoms with van der Waals surface area (Å²) >= 11 is 0. The van der Waals surface area contributed by atoms with Gasteiger partial charge in [0.25, 0.3) is 0 Å². The van der Waals surface area contributed by atoms with Gasteiger partial charge in [-0.3, -0.25) is 9.59 Å². The van der Waals surface area contributed by atoms with E-state index in [1.807, 2.05) is 45.0 Å². The van der Waals surface area contributed by atoms with Gasteiger partial charge in [0.05, 0.1) is 6.04 Å². The first kappa shape index (κ1) is 15.5. The van der Waals surface area contributed by atoms with Crippen LogP contribution in [0, 0.1) is 0 Å². The lowest BCUT2D eigenvalue weighted by atomic mass is 9.94. The van der Waals surface area contributed by atoms with Crippen LogP contribution in [0.1, 0.15) is 31.9 Å². The van der Waals surface area contributed by atoms with Crippen molar-refractivity contribution in [1.29, 1.82) is 0 Å². The number of benzene rings is 1. The number of hydrogen-bond donors (Lipinski definition) is 2. The van der Waals surface area contributed by atoms with E-state index in [0.717, 1.165) is 5.56 Å². The van der Waals surface area contributed by atoms with Crippen LogP contribution < -0.4 is 5.32 Å². The van der Waals surface area contributed by atoms with Gasteiger partial charge in [-0.05, 0) is 38.3 Å². The molecule has 0 aromatic heterocycles. The fraction of sp³-hybridized carbons (Fsp3) is 0.500. The highest BCUT2D eigenvalue weighted by atomic mass is 16.4. The summed E-state index contributed by atoms with van der Waals surface area (Å²) in [5, 5.41) is 12.3. The number of carboxylic acids is 1. The molecule has 0 bridgehead atoms. The summed E-state index contributed by atoms with van der Waals surface area (Å²) in [5.41, 5.74) is 1.83. The predicted octanol–water partition coefficient (Wildman–Crippen LogP) is 1.41. The molecule has 21 heavy (non-hydrogen) atoms. The van der Waals surface area contributed by atoms with Crippen molar-refractivity contribution < 1.29 is 14.7 Å². The number of rotatable bonds is 3. The van der Waals surface area contributed by atoms with Crippen molar-refractivity contribution in [1.82, 2.24) is 10.2 Å². The maximum atomic E-state index is 12.7. The van der Waals surface area contributed by atoms with Crippen LogP contribution >= 0.6 is 0 Å². The minimum absolute atomic E-state index is 0.153. The highest BCUT2D eigenvalue weighted by molar-refractivity contribution is 5.86. The average molecular weight is 290 g/mol. The third-order valence-electron chi connectivity index (χ3n) is 3.75. The molecule has 2 rings (SSSR count). The summed E-state index contributed by atoms with van der Waals surface area (Å²) in [6.45, 7) is 5.92. The predicted molar refractivity (Wildman–Crippen MR) is 79.9 cm³/mol. The Morgan fingerprint density at radius 3 is 2.48 bits per heavy atom. The van der Waals surface area contributed by atoms with Gasteiger partial charge in [0.15, 0.2) is 0 Å². The number of nitrogens with zero attached hydrogens (tertiary/aromatic N) is 1. The van der Waals surface area contributed by atoms with Crippen molar-refractivity contribution in [3.05, 3.63) is 35.4 Å². The van der Waals surface area contributed by atoms with Gasteiger partial charge in [0.1, 0.15) is 6.54 Å².